The van der Waals surface area contributed by atoms with E-state index in [-0.39, 0.29) is 13.0 Å². The number of ether oxygens (including phenoxy) is 2. The highest BCUT2D eigenvalue weighted by Gasteiger charge is 2.43. The highest BCUT2D eigenvalue weighted by Crippen LogP contribution is 2.29. The third-order valence-electron chi connectivity index (χ3n) is 4.74. The molecule has 0 radical (unpaired) electrons. The fourth-order valence-corrected chi connectivity index (χ4v) is 3.23. The molecule has 8 nitrogen and oxygen atoms in total. The van der Waals surface area contributed by atoms with Crippen LogP contribution in [-0.2, 0) is 16.0 Å². The lowest BCUT2D eigenvalue weighted by Crippen LogP contribution is -2.41. The Labute approximate surface area is 162 Å². The van der Waals surface area contributed by atoms with Gasteiger partial charge in [-0.15, -0.1) is 0 Å². The second-order valence-electron chi connectivity index (χ2n) is 6.44. The Hall–Kier alpha value is -3.51. The molecule has 0 spiro atoms. The van der Waals surface area contributed by atoms with Gasteiger partial charge in [0.25, 0.3) is 5.91 Å². The van der Waals surface area contributed by atoms with Gasteiger partial charge in [0.05, 0.1) is 7.11 Å². The van der Waals surface area contributed by atoms with Crippen LogP contribution < -0.4 is 9.65 Å². The van der Waals surface area contributed by atoms with Crippen LogP contribution in [0.1, 0.15) is 22.7 Å². The van der Waals surface area contributed by atoms with Crippen molar-refractivity contribution in [3.05, 3.63) is 65.2 Å². The zero-order chi connectivity index (χ0) is 20.1. The number of cyclic esters (lactones) is 1. The van der Waals surface area contributed by atoms with Gasteiger partial charge >= 0.3 is 6.09 Å². The lowest BCUT2D eigenvalue weighted by atomic mass is 9.99. The molecule has 8 heteroatoms. The molecule has 1 heterocycles. The molecule has 0 bridgehead atoms. The van der Waals surface area contributed by atoms with E-state index in [0.717, 1.165) is 21.6 Å². The molecule has 1 aliphatic rings. The van der Waals surface area contributed by atoms with Crippen molar-refractivity contribution in [3.8, 4) is 5.75 Å². The van der Waals surface area contributed by atoms with Crippen molar-refractivity contribution in [2.24, 2.45) is 5.11 Å². The van der Waals surface area contributed by atoms with Crippen LogP contribution in [0.15, 0.2) is 53.6 Å². The fourth-order valence-electron chi connectivity index (χ4n) is 3.23. The van der Waals surface area contributed by atoms with E-state index in [1.54, 1.807) is 13.2 Å². The number of carbonyl (C=O) groups excluding carboxylic acids is 2. The third kappa shape index (κ3) is 3.92. The number of aryl methyl sites for hydroxylation is 1. The molecule has 28 heavy (non-hydrogen) atoms. The standard InChI is InChI=1S/C20H21N4O4/c1-13-10-16(27-2)9-8-15(13)11-17(22-23-21)19(25)24-18(12-28-20(24)26)14-6-4-3-5-7-14/h3-10,17-18,21H,11-12H2,1-2H3/q+1/t17-,18+/m1/s1. The summed E-state index contributed by atoms with van der Waals surface area (Å²) in [4.78, 5) is 29.5. The Balaban J connectivity index is 1.88. The van der Waals surface area contributed by atoms with Crippen molar-refractivity contribution >= 4 is 12.0 Å². The molecular weight excluding hydrogens is 360 g/mol. The number of benzene rings is 2. The molecule has 144 valence electrons. The Kier molecular flexibility index (Phi) is 5.81. The molecule has 0 aliphatic carbocycles. The van der Waals surface area contributed by atoms with Gasteiger partial charge in [-0.3, -0.25) is 4.79 Å². The molecule has 1 N–H and O–H groups in total. The Morgan fingerprint density at radius 3 is 2.75 bits per heavy atom. The third-order valence-corrected chi connectivity index (χ3v) is 4.74. The molecule has 2 amide bonds. The van der Waals surface area contributed by atoms with Crippen LogP contribution in [0.3, 0.4) is 0 Å². The second-order valence-corrected chi connectivity index (χ2v) is 6.44. The van der Waals surface area contributed by atoms with Crippen molar-refractivity contribution in [1.82, 2.24) is 9.81 Å². The van der Waals surface area contributed by atoms with Crippen LogP contribution in [0.2, 0.25) is 0 Å². The number of nitrogens with zero attached hydrogens (tertiary/aromatic N) is 3. The van der Waals surface area contributed by atoms with Gasteiger partial charge in [-0.25, -0.2) is 9.69 Å². The molecule has 2 aromatic rings. The average molecular weight is 381 g/mol. The van der Waals surface area contributed by atoms with Crippen molar-refractivity contribution in [2.75, 3.05) is 13.7 Å². The maximum Gasteiger partial charge on any atom is 0.417 e. The number of rotatable bonds is 6. The molecule has 1 saturated heterocycles. The van der Waals surface area contributed by atoms with Gasteiger partial charge in [-0.2, -0.15) is 0 Å². The summed E-state index contributed by atoms with van der Waals surface area (Å²) in [7, 11) is 1.58. The maximum absolute atomic E-state index is 13.1. The van der Waals surface area contributed by atoms with E-state index in [2.05, 4.69) is 10.0 Å². The summed E-state index contributed by atoms with van der Waals surface area (Å²) in [5.74, 6) is 0.168. The van der Waals surface area contributed by atoms with Gasteiger partial charge in [0.1, 0.15) is 29.0 Å². The van der Waals surface area contributed by atoms with E-state index in [0.29, 0.717) is 5.75 Å². The second kappa shape index (κ2) is 8.45. The lowest BCUT2D eigenvalue weighted by Gasteiger charge is -2.21. The van der Waals surface area contributed by atoms with E-state index >= 15 is 0 Å². The zero-order valence-electron chi connectivity index (χ0n) is 15.7. The molecule has 2 aromatic carbocycles. The van der Waals surface area contributed by atoms with Crippen molar-refractivity contribution in [1.29, 1.82) is 5.53 Å². The molecule has 0 aromatic heterocycles. The van der Waals surface area contributed by atoms with E-state index < -0.39 is 24.1 Å². The van der Waals surface area contributed by atoms with Crippen LogP contribution >= 0.6 is 0 Å². The number of imide groups is 1. The SMILES string of the molecule is COc1ccc(C[C@@H](N=[N+]=N)C(=O)N2C(=O)OC[C@H]2c2ccccc2)c(C)c1. The molecule has 1 fully saturated rings. The first-order chi connectivity index (χ1) is 13.5. The van der Waals surface area contributed by atoms with Gasteiger partial charge < -0.3 is 9.47 Å². The smallest absolute Gasteiger partial charge is 0.417 e. The first-order valence-corrected chi connectivity index (χ1v) is 8.80. The predicted octanol–water partition coefficient (Wildman–Crippen LogP) is 3.19. The summed E-state index contributed by atoms with van der Waals surface area (Å²) in [5, 5.41) is 3.77. The molecule has 3 rings (SSSR count). The quantitative estimate of drug-likeness (QED) is 0.612. The number of hydrogen-bond donors (Lipinski definition) is 1. The minimum atomic E-state index is -0.999. The zero-order valence-corrected chi connectivity index (χ0v) is 15.7. The predicted molar refractivity (Wildman–Crippen MR) is 99.9 cm³/mol. The van der Waals surface area contributed by atoms with Gasteiger partial charge in [-0.05, 0) is 35.7 Å². The molecule has 0 saturated carbocycles. The first-order valence-electron chi connectivity index (χ1n) is 8.80. The van der Waals surface area contributed by atoms with E-state index in [9.17, 15) is 9.59 Å². The van der Waals surface area contributed by atoms with Crippen molar-refractivity contribution in [3.63, 3.8) is 0 Å². The number of hydrogen-bond acceptors (Lipinski definition) is 6. The highest BCUT2D eigenvalue weighted by atomic mass is 16.6. The van der Waals surface area contributed by atoms with Gasteiger partial charge in [0.15, 0.2) is 0 Å². The van der Waals surface area contributed by atoms with Crippen LogP contribution in [0.25, 0.3) is 0 Å². The molecule has 1 aliphatic heterocycles. The summed E-state index contributed by atoms with van der Waals surface area (Å²) in [6, 6.07) is 13.2. The highest BCUT2D eigenvalue weighted by molar-refractivity contribution is 5.96. The van der Waals surface area contributed by atoms with Gasteiger partial charge in [-0.1, -0.05) is 36.4 Å². The summed E-state index contributed by atoms with van der Waals surface area (Å²) >= 11 is 0. The number of methoxy groups -OCH3 is 1. The van der Waals surface area contributed by atoms with Crippen LogP contribution in [0.5, 0.6) is 5.75 Å². The largest absolute Gasteiger partial charge is 0.497 e. The molecule has 2 atom stereocenters. The Morgan fingerprint density at radius 1 is 1.36 bits per heavy atom. The number of nitrogens with one attached hydrogen (secondary N) is 1. The molecule has 0 unspecified atom stereocenters. The first kappa shape index (κ1) is 19.3. The van der Waals surface area contributed by atoms with E-state index in [4.69, 9.17) is 15.0 Å². The minimum Gasteiger partial charge on any atom is -0.497 e. The summed E-state index contributed by atoms with van der Waals surface area (Å²) < 4.78 is 10.3. The maximum atomic E-state index is 13.1. The van der Waals surface area contributed by atoms with Crippen molar-refractivity contribution in [2.45, 2.75) is 25.4 Å². The topological polar surface area (TPSA) is 106 Å². The summed E-state index contributed by atoms with van der Waals surface area (Å²) in [6.07, 6.45) is -0.502. The molecular formula is C20H21N4O4+. The van der Waals surface area contributed by atoms with Crippen molar-refractivity contribution < 1.29 is 19.1 Å². The Morgan fingerprint density at radius 2 is 2.11 bits per heavy atom. The monoisotopic (exact) mass is 381 g/mol. The van der Waals surface area contributed by atoms with E-state index in [1.807, 2.05) is 49.4 Å². The minimum absolute atomic E-state index is 0.0842. The Bertz CT molecular complexity index is 925. The van der Waals surface area contributed by atoms with Crippen LogP contribution in [0.4, 0.5) is 4.79 Å². The normalized spacial score (nSPS) is 16.9. The summed E-state index contributed by atoms with van der Waals surface area (Å²) in [5.41, 5.74) is 9.67. The van der Waals surface area contributed by atoms with Gasteiger partial charge in [0.2, 0.25) is 11.0 Å². The van der Waals surface area contributed by atoms with Crippen LogP contribution in [-0.4, -0.2) is 36.7 Å². The number of carbonyl (C=O) groups is 2. The lowest BCUT2D eigenvalue weighted by molar-refractivity contribution is -0.130. The van der Waals surface area contributed by atoms with Gasteiger partial charge in [0, 0.05) is 6.42 Å². The fraction of sp³-hybridized carbons (Fsp3) is 0.300. The average Bonchev–Trinajstić information content (AvgIpc) is 3.10. The van der Waals surface area contributed by atoms with Crippen LogP contribution in [0, 0.1) is 12.5 Å². The number of amides is 2. The summed E-state index contributed by atoms with van der Waals surface area (Å²) in [6.45, 7) is 1.98. The van der Waals surface area contributed by atoms with E-state index in [1.165, 1.54) is 0 Å².